The number of ether oxygens (including phenoxy) is 4. The average molecular weight is 497 g/mol. The summed E-state index contributed by atoms with van der Waals surface area (Å²) in [4.78, 5) is 11.5. The number of aromatic hydroxyl groups is 1. The van der Waals surface area contributed by atoms with Crippen molar-refractivity contribution in [3.63, 3.8) is 0 Å². The van der Waals surface area contributed by atoms with Crippen LogP contribution in [0.5, 0.6) is 28.7 Å². The van der Waals surface area contributed by atoms with Crippen molar-refractivity contribution >= 4 is 6.16 Å². The van der Waals surface area contributed by atoms with E-state index in [1.807, 2.05) is 6.92 Å². The van der Waals surface area contributed by atoms with Crippen LogP contribution >= 0.6 is 0 Å². The molecule has 0 amide bonds. The van der Waals surface area contributed by atoms with E-state index in [9.17, 15) is 15.0 Å². The van der Waals surface area contributed by atoms with Crippen LogP contribution in [0.1, 0.15) is 117 Å². The van der Waals surface area contributed by atoms with E-state index >= 15 is 0 Å². The number of rotatable bonds is 21. The second kappa shape index (κ2) is 18.9. The van der Waals surface area contributed by atoms with Crippen LogP contribution in [0.4, 0.5) is 4.79 Å². The number of benzene rings is 1. The highest BCUT2D eigenvalue weighted by atomic mass is 16.7. The van der Waals surface area contributed by atoms with Crippen molar-refractivity contribution in [2.45, 2.75) is 118 Å². The summed E-state index contributed by atoms with van der Waals surface area (Å²) in [5.74, 6) is 0.428. The fourth-order valence-corrected chi connectivity index (χ4v) is 3.90. The van der Waals surface area contributed by atoms with Gasteiger partial charge < -0.3 is 29.2 Å². The third-order valence-corrected chi connectivity index (χ3v) is 5.81. The largest absolute Gasteiger partial charge is 0.511 e. The van der Waals surface area contributed by atoms with Gasteiger partial charge in [-0.3, -0.25) is 0 Å². The van der Waals surface area contributed by atoms with Crippen LogP contribution in [0.25, 0.3) is 0 Å². The summed E-state index contributed by atoms with van der Waals surface area (Å²) in [6.45, 7) is 9.75. The lowest BCUT2D eigenvalue weighted by Gasteiger charge is -2.23. The maximum Gasteiger partial charge on any atom is 0.511 e. The third kappa shape index (κ3) is 11.3. The molecule has 35 heavy (non-hydrogen) atoms. The van der Waals surface area contributed by atoms with Gasteiger partial charge in [-0.25, -0.2) is 4.79 Å². The van der Waals surface area contributed by atoms with Crippen molar-refractivity contribution < 1.29 is 34.0 Å². The number of carboxylic acid groups (broad SMARTS) is 1. The number of phenols is 1. The molecule has 0 heterocycles. The first kappa shape index (κ1) is 30.7. The predicted molar refractivity (Wildman–Crippen MR) is 140 cm³/mol. The first-order valence-electron chi connectivity index (χ1n) is 13.7. The van der Waals surface area contributed by atoms with Gasteiger partial charge >= 0.3 is 6.16 Å². The summed E-state index contributed by atoms with van der Waals surface area (Å²) in [5.41, 5.74) is 0.504. The number of hydrogen-bond acceptors (Lipinski definition) is 6. The molecule has 7 nitrogen and oxygen atoms in total. The first-order chi connectivity index (χ1) is 17.0. The summed E-state index contributed by atoms with van der Waals surface area (Å²) in [6.07, 6.45) is 12.1. The molecule has 7 heteroatoms. The van der Waals surface area contributed by atoms with E-state index in [1.165, 1.54) is 0 Å². The van der Waals surface area contributed by atoms with Crippen molar-refractivity contribution in [1.29, 1.82) is 0 Å². The van der Waals surface area contributed by atoms with Crippen LogP contribution in [0.2, 0.25) is 0 Å². The Morgan fingerprint density at radius 3 is 1.49 bits per heavy atom. The van der Waals surface area contributed by atoms with Crippen LogP contribution in [-0.2, 0) is 6.42 Å². The Morgan fingerprint density at radius 1 is 0.600 bits per heavy atom. The lowest BCUT2D eigenvalue weighted by Crippen LogP contribution is -2.12. The van der Waals surface area contributed by atoms with Crippen molar-refractivity contribution in [3.05, 3.63) is 5.56 Å². The average Bonchev–Trinajstić information content (AvgIpc) is 2.83. The van der Waals surface area contributed by atoms with E-state index in [-0.39, 0.29) is 17.2 Å². The zero-order chi connectivity index (χ0) is 25.9. The minimum Gasteiger partial charge on any atom is -0.502 e. The third-order valence-electron chi connectivity index (χ3n) is 5.81. The van der Waals surface area contributed by atoms with Gasteiger partial charge in [-0.2, -0.15) is 0 Å². The molecule has 0 spiro atoms. The molecule has 0 unspecified atom stereocenters. The van der Waals surface area contributed by atoms with E-state index in [0.717, 1.165) is 83.5 Å². The molecule has 0 atom stereocenters. The molecule has 0 radical (unpaired) electrons. The van der Waals surface area contributed by atoms with Crippen LogP contribution in [-0.4, -0.2) is 36.2 Å². The highest BCUT2D eigenvalue weighted by Gasteiger charge is 2.30. The molecule has 1 rings (SSSR count). The Hall–Kier alpha value is -2.31. The van der Waals surface area contributed by atoms with Crippen LogP contribution in [0.15, 0.2) is 0 Å². The zero-order valence-electron chi connectivity index (χ0n) is 22.5. The molecule has 0 saturated heterocycles. The fourth-order valence-electron chi connectivity index (χ4n) is 3.90. The first-order valence-corrected chi connectivity index (χ1v) is 13.7. The molecule has 202 valence electrons. The lowest BCUT2D eigenvalue weighted by molar-refractivity contribution is 0.141. The van der Waals surface area contributed by atoms with Gasteiger partial charge in [0.1, 0.15) is 0 Å². The summed E-state index contributed by atoms with van der Waals surface area (Å²) >= 11 is 0. The summed E-state index contributed by atoms with van der Waals surface area (Å²) in [7, 11) is 0. The highest BCUT2D eigenvalue weighted by molar-refractivity contribution is 5.73. The summed E-state index contributed by atoms with van der Waals surface area (Å²) in [5, 5.41) is 20.4. The number of carbonyl (C=O) groups is 1. The van der Waals surface area contributed by atoms with E-state index in [1.54, 1.807) is 0 Å². The molecule has 0 fully saturated rings. The van der Waals surface area contributed by atoms with Crippen molar-refractivity contribution in [3.8, 4) is 28.7 Å². The van der Waals surface area contributed by atoms with Crippen LogP contribution in [0.3, 0.4) is 0 Å². The topological polar surface area (TPSA) is 94.5 Å². The van der Waals surface area contributed by atoms with E-state index < -0.39 is 6.16 Å². The molecular weight excluding hydrogens is 448 g/mol. The van der Waals surface area contributed by atoms with Crippen LogP contribution in [0, 0.1) is 0 Å². The molecule has 0 aliphatic carbocycles. The zero-order valence-corrected chi connectivity index (χ0v) is 22.5. The fraction of sp³-hybridized carbons (Fsp3) is 0.750. The molecule has 0 aliphatic rings. The molecule has 0 bridgehead atoms. The Balaban J connectivity index is 3.39. The number of unbranched alkanes of at least 4 members (excludes halogenated alkanes) is 9. The molecule has 0 aliphatic heterocycles. The molecule has 1 aromatic carbocycles. The van der Waals surface area contributed by atoms with Gasteiger partial charge in [0.2, 0.25) is 17.2 Å². The Labute approximate surface area is 212 Å². The van der Waals surface area contributed by atoms with E-state index in [4.69, 9.17) is 18.9 Å². The second-order valence-corrected chi connectivity index (χ2v) is 8.99. The maximum absolute atomic E-state index is 11.5. The number of phenolic OH excluding ortho intramolecular Hbond substituents is 1. The smallest absolute Gasteiger partial charge is 0.502 e. The van der Waals surface area contributed by atoms with Gasteiger partial charge in [-0.15, -0.1) is 0 Å². The SMILES string of the molecule is CCCCCCOc1c(O)c(OC(=O)O)c(CCC)c(OCCCCCC)c1OCCCCCC. The monoisotopic (exact) mass is 496 g/mol. The van der Waals surface area contributed by atoms with Gasteiger partial charge in [-0.1, -0.05) is 91.9 Å². The van der Waals surface area contributed by atoms with Gasteiger partial charge in [0.05, 0.1) is 19.8 Å². The maximum atomic E-state index is 11.5. The molecule has 0 aromatic heterocycles. The molecule has 2 N–H and O–H groups in total. The number of hydrogen-bond donors (Lipinski definition) is 2. The van der Waals surface area contributed by atoms with Crippen LogP contribution < -0.4 is 18.9 Å². The normalized spacial score (nSPS) is 10.9. The van der Waals surface area contributed by atoms with Crippen molar-refractivity contribution in [2.75, 3.05) is 19.8 Å². The standard InChI is InChI=1S/C28H48O7/c1-5-9-12-15-19-32-25-22(18-8-4)24(35-28(30)31)23(29)26(33-20-16-13-10-6-2)27(25)34-21-17-14-11-7-3/h29H,5-21H2,1-4H3,(H,30,31). The Kier molecular flexibility index (Phi) is 16.6. The minimum absolute atomic E-state index is 0.108. The van der Waals surface area contributed by atoms with E-state index in [0.29, 0.717) is 43.3 Å². The predicted octanol–water partition coefficient (Wildman–Crippen LogP) is 8.28. The Bertz CT molecular complexity index is 718. The second-order valence-electron chi connectivity index (χ2n) is 8.99. The Morgan fingerprint density at radius 2 is 1.06 bits per heavy atom. The van der Waals surface area contributed by atoms with Crippen molar-refractivity contribution in [1.82, 2.24) is 0 Å². The lowest BCUT2D eigenvalue weighted by atomic mass is 10.0. The highest BCUT2D eigenvalue weighted by Crippen LogP contribution is 2.54. The van der Waals surface area contributed by atoms with Gasteiger partial charge in [-0.05, 0) is 25.7 Å². The summed E-state index contributed by atoms with van der Waals surface area (Å²) in [6, 6.07) is 0. The van der Waals surface area contributed by atoms with Gasteiger partial charge in [0.15, 0.2) is 11.5 Å². The minimum atomic E-state index is -1.49. The van der Waals surface area contributed by atoms with Crippen molar-refractivity contribution in [2.24, 2.45) is 0 Å². The quantitative estimate of drug-likeness (QED) is 0.100. The summed E-state index contributed by atoms with van der Waals surface area (Å²) < 4.78 is 23.5. The van der Waals surface area contributed by atoms with Gasteiger partial charge in [0.25, 0.3) is 0 Å². The molecular formula is C28H48O7. The van der Waals surface area contributed by atoms with E-state index in [2.05, 4.69) is 20.8 Å². The van der Waals surface area contributed by atoms with Gasteiger partial charge in [0, 0.05) is 5.56 Å². The molecule has 0 saturated carbocycles. The molecule has 1 aromatic rings.